The van der Waals surface area contributed by atoms with Crippen LogP contribution in [0, 0.1) is 6.92 Å². The van der Waals surface area contributed by atoms with Crippen LogP contribution in [0.4, 0.5) is 0 Å². The van der Waals surface area contributed by atoms with E-state index in [2.05, 4.69) is 42.8 Å². The van der Waals surface area contributed by atoms with E-state index in [1.165, 1.54) is 16.0 Å². The van der Waals surface area contributed by atoms with Crippen molar-refractivity contribution >= 4 is 17.7 Å². The number of hydrogen-bond donors (Lipinski definition) is 2. The molecule has 27 heavy (non-hydrogen) atoms. The molecular weight excluding hydrogens is 356 g/mol. The molecule has 1 fully saturated rings. The van der Waals surface area contributed by atoms with E-state index >= 15 is 0 Å². The average molecular weight is 386 g/mol. The summed E-state index contributed by atoms with van der Waals surface area (Å²) in [5, 5.41) is 3.26. The molecule has 1 atom stereocenters. The Labute approximate surface area is 166 Å². The van der Waals surface area contributed by atoms with E-state index in [9.17, 15) is 4.79 Å². The van der Waals surface area contributed by atoms with Crippen molar-refractivity contribution in [2.24, 2.45) is 0 Å². The second-order valence-electron chi connectivity index (χ2n) is 7.13. The lowest BCUT2D eigenvalue weighted by molar-refractivity contribution is -0.909. The predicted molar refractivity (Wildman–Crippen MR) is 111 cm³/mol. The number of amides is 1. The number of ether oxygens (including phenoxy) is 1. The molecule has 144 valence electrons. The van der Waals surface area contributed by atoms with Crippen LogP contribution in [0.5, 0.6) is 0 Å². The molecule has 0 saturated carbocycles. The fraction of sp³-hybridized carbons (Fsp3) is 0.409. The monoisotopic (exact) mass is 385 g/mol. The van der Waals surface area contributed by atoms with E-state index in [4.69, 9.17) is 4.74 Å². The summed E-state index contributed by atoms with van der Waals surface area (Å²) in [5.74, 6) is 0.956. The van der Waals surface area contributed by atoms with Gasteiger partial charge in [-0.1, -0.05) is 42.0 Å². The molecular formula is C22H29N2O2S+. The second kappa shape index (κ2) is 9.93. The molecule has 1 heterocycles. The zero-order chi connectivity index (χ0) is 19.1. The quantitative estimate of drug-likeness (QED) is 0.768. The Morgan fingerprint density at radius 3 is 2.41 bits per heavy atom. The van der Waals surface area contributed by atoms with Crippen molar-refractivity contribution < 1.29 is 14.4 Å². The minimum absolute atomic E-state index is 0.00271. The Kier molecular flexibility index (Phi) is 7.33. The van der Waals surface area contributed by atoms with Gasteiger partial charge in [0.15, 0.2) is 0 Å². The first-order chi connectivity index (χ1) is 13.2. The van der Waals surface area contributed by atoms with Crippen LogP contribution in [0.25, 0.3) is 0 Å². The molecule has 0 aromatic heterocycles. The maximum atomic E-state index is 12.9. The van der Waals surface area contributed by atoms with Crippen LogP contribution >= 0.6 is 11.8 Å². The summed E-state index contributed by atoms with van der Waals surface area (Å²) in [5.41, 5.74) is 4.35. The molecule has 1 aliphatic heterocycles. The highest BCUT2D eigenvalue weighted by atomic mass is 32.2. The van der Waals surface area contributed by atoms with Gasteiger partial charge in [-0.05, 0) is 36.4 Å². The van der Waals surface area contributed by atoms with Gasteiger partial charge >= 0.3 is 0 Å². The molecule has 1 aliphatic rings. The summed E-state index contributed by atoms with van der Waals surface area (Å²) >= 11 is 1.78. The van der Waals surface area contributed by atoms with Gasteiger partial charge in [-0.2, -0.15) is 11.8 Å². The largest absolute Gasteiger partial charge is 0.370 e. The van der Waals surface area contributed by atoms with Crippen LogP contribution in [0.3, 0.4) is 0 Å². The summed E-state index contributed by atoms with van der Waals surface area (Å²) in [7, 11) is 0. The summed E-state index contributed by atoms with van der Waals surface area (Å²) in [6, 6.07) is 16.4. The number of benzene rings is 2. The van der Waals surface area contributed by atoms with Gasteiger partial charge in [0.05, 0.1) is 13.2 Å². The summed E-state index contributed by atoms with van der Waals surface area (Å²) < 4.78 is 5.47. The van der Waals surface area contributed by atoms with Crippen LogP contribution in [-0.4, -0.2) is 45.0 Å². The first kappa shape index (κ1) is 19.9. The highest BCUT2D eigenvalue weighted by Gasteiger charge is 2.23. The van der Waals surface area contributed by atoms with Crippen molar-refractivity contribution in [2.45, 2.75) is 18.7 Å². The van der Waals surface area contributed by atoms with Crippen LogP contribution in [0.15, 0.2) is 48.5 Å². The van der Waals surface area contributed by atoms with E-state index in [1.807, 2.05) is 24.3 Å². The molecule has 0 unspecified atom stereocenters. The molecule has 0 spiro atoms. The first-order valence-corrected chi connectivity index (χ1v) is 10.9. The number of morpholine rings is 1. The van der Waals surface area contributed by atoms with Gasteiger partial charge in [0.1, 0.15) is 25.7 Å². The highest BCUT2D eigenvalue weighted by molar-refractivity contribution is 7.97. The molecule has 2 aromatic carbocycles. The number of nitrogens with one attached hydrogen (secondary N) is 2. The third-order valence-electron chi connectivity index (χ3n) is 5.00. The molecule has 2 aromatic rings. The lowest BCUT2D eigenvalue weighted by atomic mass is 10.0. The maximum absolute atomic E-state index is 12.9. The molecule has 0 bridgehead atoms. The zero-order valence-corrected chi connectivity index (χ0v) is 17.0. The van der Waals surface area contributed by atoms with Gasteiger partial charge < -0.3 is 15.0 Å². The third-order valence-corrected chi connectivity index (χ3v) is 5.63. The molecule has 1 amide bonds. The summed E-state index contributed by atoms with van der Waals surface area (Å²) in [6.45, 7) is 6.52. The molecule has 4 nitrogen and oxygen atoms in total. The maximum Gasteiger partial charge on any atom is 0.251 e. The fourth-order valence-corrected chi connectivity index (χ4v) is 3.89. The van der Waals surface area contributed by atoms with Crippen molar-refractivity contribution in [3.05, 3.63) is 70.8 Å². The lowest BCUT2D eigenvalue weighted by Gasteiger charge is -2.28. The van der Waals surface area contributed by atoms with Gasteiger partial charge in [0, 0.05) is 11.3 Å². The molecule has 1 saturated heterocycles. The minimum Gasteiger partial charge on any atom is -0.370 e. The smallest absolute Gasteiger partial charge is 0.251 e. The topological polar surface area (TPSA) is 42.8 Å². The van der Waals surface area contributed by atoms with E-state index in [0.717, 1.165) is 44.2 Å². The van der Waals surface area contributed by atoms with Gasteiger partial charge in [0.2, 0.25) is 0 Å². The van der Waals surface area contributed by atoms with Gasteiger partial charge in [-0.15, -0.1) is 0 Å². The molecule has 5 heteroatoms. The van der Waals surface area contributed by atoms with Crippen molar-refractivity contribution in [2.75, 3.05) is 39.1 Å². The van der Waals surface area contributed by atoms with Crippen molar-refractivity contribution in [3.8, 4) is 0 Å². The number of aryl methyl sites for hydroxylation is 1. The first-order valence-electron chi connectivity index (χ1n) is 9.52. The normalized spacial score (nSPS) is 16.1. The predicted octanol–water partition coefficient (Wildman–Crippen LogP) is 2.24. The van der Waals surface area contributed by atoms with E-state index in [0.29, 0.717) is 5.56 Å². The van der Waals surface area contributed by atoms with E-state index < -0.39 is 0 Å². The minimum atomic E-state index is -0.0102. The lowest BCUT2D eigenvalue weighted by Crippen LogP contribution is -3.14. The molecule has 0 aliphatic carbocycles. The van der Waals surface area contributed by atoms with Crippen LogP contribution in [-0.2, 0) is 10.5 Å². The van der Waals surface area contributed by atoms with Crippen LogP contribution in [0.1, 0.15) is 33.1 Å². The van der Waals surface area contributed by atoms with E-state index in [1.54, 1.807) is 11.8 Å². The SMILES string of the molecule is CSCc1ccc(C(=O)N[C@@H](C[NH+]2CCOCC2)c2ccc(C)cc2)cc1. The standard InChI is InChI=1S/C22H28N2O2S/c1-17-3-7-19(8-4-17)21(15-24-11-13-26-14-12-24)23-22(25)20-9-5-18(6-10-20)16-27-2/h3-10,21H,11-16H2,1-2H3,(H,23,25)/p+1/t21-/m0/s1. The number of carbonyl (C=O) groups is 1. The Morgan fingerprint density at radius 1 is 1.11 bits per heavy atom. The van der Waals surface area contributed by atoms with E-state index in [-0.39, 0.29) is 11.9 Å². The number of hydrogen-bond acceptors (Lipinski definition) is 3. The Hall–Kier alpha value is -1.82. The molecule has 3 rings (SSSR count). The van der Waals surface area contributed by atoms with Crippen molar-refractivity contribution in [3.63, 3.8) is 0 Å². The van der Waals surface area contributed by atoms with Gasteiger partial charge in [-0.25, -0.2) is 0 Å². The second-order valence-corrected chi connectivity index (χ2v) is 8.00. The van der Waals surface area contributed by atoms with Gasteiger partial charge in [0.25, 0.3) is 5.91 Å². The number of carbonyl (C=O) groups excluding carboxylic acids is 1. The number of quaternary nitrogens is 1. The fourth-order valence-electron chi connectivity index (χ4n) is 3.36. The van der Waals surface area contributed by atoms with Crippen molar-refractivity contribution in [1.29, 1.82) is 0 Å². The van der Waals surface area contributed by atoms with Crippen molar-refractivity contribution in [1.82, 2.24) is 5.32 Å². The Balaban J connectivity index is 1.72. The average Bonchev–Trinajstić information content (AvgIpc) is 2.70. The Morgan fingerprint density at radius 2 is 1.78 bits per heavy atom. The van der Waals surface area contributed by atoms with Gasteiger partial charge in [-0.3, -0.25) is 4.79 Å². The third kappa shape index (κ3) is 5.83. The number of rotatable bonds is 7. The zero-order valence-electron chi connectivity index (χ0n) is 16.2. The number of thioether (sulfide) groups is 1. The molecule has 0 radical (unpaired) electrons. The Bertz CT molecular complexity index is 725. The highest BCUT2D eigenvalue weighted by Crippen LogP contribution is 2.15. The molecule has 2 N–H and O–H groups in total. The van der Waals surface area contributed by atoms with Crippen LogP contribution in [0.2, 0.25) is 0 Å². The summed E-state index contributed by atoms with van der Waals surface area (Å²) in [4.78, 5) is 14.3. The van der Waals surface area contributed by atoms with Crippen LogP contribution < -0.4 is 10.2 Å². The summed E-state index contributed by atoms with van der Waals surface area (Å²) in [6.07, 6.45) is 2.08.